The number of amides is 2. The Hall–Kier alpha value is -1.92. The maximum Gasteiger partial charge on any atom is 0.238 e. The molecule has 1 N–H and O–H groups in total. The molecule has 1 aromatic rings. The van der Waals surface area contributed by atoms with E-state index in [1.165, 1.54) is 11.1 Å². The molecule has 1 aromatic carbocycles. The first kappa shape index (κ1) is 18.9. The summed E-state index contributed by atoms with van der Waals surface area (Å²) in [6, 6.07) is 5.98. The lowest BCUT2D eigenvalue weighted by atomic mass is 10.1. The third-order valence-corrected chi connectivity index (χ3v) is 5.44. The van der Waals surface area contributed by atoms with Gasteiger partial charge in [0.15, 0.2) is 0 Å². The molecule has 2 aliphatic rings. The molecule has 0 aliphatic carbocycles. The molecule has 0 saturated carbocycles. The number of piperazine rings is 1. The van der Waals surface area contributed by atoms with Crippen LogP contribution >= 0.6 is 0 Å². The van der Waals surface area contributed by atoms with Gasteiger partial charge in [0.25, 0.3) is 0 Å². The van der Waals surface area contributed by atoms with E-state index in [1.54, 1.807) is 0 Å². The molecular weight excluding hydrogens is 328 g/mol. The van der Waals surface area contributed by atoms with Crippen LogP contribution in [-0.2, 0) is 9.59 Å². The van der Waals surface area contributed by atoms with Crippen molar-refractivity contribution in [2.24, 2.45) is 0 Å². The Morgan fingerprint density at radius 2 is 1.50 bits per heavy atom. The van der Waals surface area contributed by atoms with E-state index in [9.17, 15) is 9.59 Å². The lowest BCUT2D eigenvalue weighted by Crippen LogP contribution is -2.51. The van der Waals surface area contributed by atoms with E-state index >= 15 is 0 Å². The normalized spacial score (nSPS) is 18.9. The summed E-state index contributed by atoms with van der Waals surface area (Å²) in [7, 11) is 0. The minimum absolute atomic E-state index is 0.0230. The highest BCUT2D eigenvalue weighted by Gasteiger charge is 2.24. The zero-order valence-corrected chi connectivity index (χ0v) is 16.0. The van der Waals surface area contributed by atoms with Crippen molar-refractivity contribution >= 4 is 17.5 Å². The number of benzene rings is 1. The first-order valence-electron chi connectivity index (χ1n) is 9.61. The number of likely N-dealkylation sites (tertiary alicyclic amines) is 1. The fourth-order valence-electron chi connectivity index (χ4n) is 3.59. The molecule has 0 bridgehead atoms. The van der Waals surface area contributed by atoms with Gasteiger partial charge in [-0.15, -0.1) is 0 Å². The number of aryl methyl sites for hydroxylation is 2. The molecule has 6 heteroatoms. The first-order valence-corrected chi connectivity index (χ1v) is 9.61. The quantitative estimate of drug-likeness (QED) is 0.866. The Morgan fingerprint density at radius 3 is 2.12 bits per heavy atom. The van der Waals surface area contributed by atoms with Gasteiger partial charge in [-0.3, -0.25) is 19.4 Å². The second-order valence-electron chi connectivity index (χ2n) is 7.49. The number of hydrogen-bond donors (Lipinski definition) is 1. The predicted octanol–water partition coefficient (Wildman–Crippen LogP) is 1.48. The maximum atomic E-state index is 12.3. The van der Waals surface area contributed by atoms with E-state index in [1.807, 2.05) is 30.0 Å². The summed E-state index contributed by atoms with van der Waals surface area (Å²) in [6.45, 7) is 10.2. The van der Waals surface area contributed by atoms with Gasteiger partial charge in [0.05, 0.1) is 13.1 Å². The van der Waals surface area contributed by atoms with Crippen LogP contribution in [0.2, 0.25) is 0 Å². The van der Waals surface area contributed by atoms with Crippen LogP contribution < -0.4 is 5.32 Å². The average Bonchev–Trinajstić information content (AvgIpc) is 3.15. The van der Waals surface area contributed by atoms with Crippen molar-refractivity contribution in [3.8, 4) is 0 Å². The zero-order chi connectivity index (χ0) is 18.5. The summed E-state index contributed by atoms with van der Waals surface area (Å²) in [6.07, 6.45) is 2.27. The molecular formula is C20H30N4O2. The summed E-state index contributed by atoms with van der Waals surface area (Å²) in [5.74, 6) is 0.276. The predicted molar refractivity (Wildman–Crippen MR) is 103 cm³/mol. The molecule has 142 valence electrons. The van der Waals surface area contributed by atoms with Gasteiger partial charge < -0.3 is 10.2 Å². The average molecular weight is 358 g/mol. The van der Waals surface area contributed by atoms with Crippen molar-refractivity contribution in [3.63, 3.8) is 0 Å². The molecule has 0 atom stereocenters. The highest BCUT2D eigenvalue weighted by Crippen LogP contribution is 2.14. The van der Waals surface area contributed by atoms with Gasteiger partial charge in [-0.1, -0.05) is 6.07 Å². The fourth-order valence-corrected chi connectivity index (χ4v) is 3.59. The minimum Gasteiger partial charge on any atom is -0.342 e. The van der Waals surface area contributed by atoms with Crippen LogP contribution in [0.15, 0.2) is 18.2 Å². The van der Waals surface area contributed by atoms with Crippen molar-refractivity contribution in [1.82, 2.24) is 14.7 Å². The molecule has 2 fully saturated rings. The van der Waals surface area contributed by atoms with Crippen LogP contribution in [0.3, 0.4) is 0 Å². The van der Waals surface area contributed by atoms with Crippen LogP contribution in [0, 0.1) is 13.8 Å². The molecule has 2 heterocycles. The lowest BCUT2D eigenvalue weighted by Gasteiger charge is -2.34. The zero-order valence-electron chi connectivity index (χ0n) is 16.0. The van der Waals surface area contributed by atoms with Gasteiger partial charge in [-0.25, -0.2) is 0 Å². The summed E-state index contributed by atoms with van der Waals surface area (Å²) < 4.78 is 0. The molecule has 2 saturated heterocycles. The summed E-state index contributed by atoms with van der Waals surface area (Å²) >= 11 is 0. The Balaban J connectivity index is 1.39. The van der Waals surface area contributed by atoms with Crippen LogP contribution in [0.25, 0.3) is 0 Å². The Bertz CT molecular complexity index is 647. The molecule has 0 spiro atoms. The van der Waals surface area contributed by atoms with E-state index < -0.39 is 0 Å². The van der Waals surface area contributed by atoms with Crippen LogP contribution in [-0.4, -0.2) is 78.9 Å². The molecule has 6 nitrogen and oxygen atoms in total. The monoisotopic (exact) mass is 358 g/mol. The number of carbonyl (C=O) groups excluding carboxylic acids is 2. The van der Waals surface area contributed by atoms with Gasteiger partial charge in [-0.05, 0) is 49.9 Å². The van der Waals surface area contributed by atoms with Gasteiger partial charge in [0.2, 0.25) is 11.8 Å². The molecule has 0 radical (unpaired) electrons. The third-order valence-electron chi connectivity index (χ3n) is 5.44. The fraction of sp³-hybridized carbons (Fsp3) is 0.600. The smallest absolute Gasteiger partial charge is 0.238 e. The summed E-state index contributed by atoms with van der Waals surface area (Å²) in [4.78, 5) is 30.9. The highest BCUT2D eigenvalue weighted by atomic mass is 16.2. The molecule has 3 rings (SSSR count). The Morgan fingerprint density at radius 1 is 0.885 bits per heavy atom. The number of anilines is 1. The summed E-state index contributed by atoms with van der Waals surface area (Å²) in [5, 5.41) is 2.98. The number of nitrogens with zero attached hydrogens (tertiary/aromatic N) is 3. The number of hydrogen-bond acceptors (Lipinski definition) is 4. The van der Waals surface area contributed by atoms with E-state index in [2.05, 4.69) is 22.0 Å². The number of carbonyl (C=O) groups is 2. The maximum absolute atomic E-state index is 12.3. The topological polar surface area (TPSA) is 55.9 Å². The van der Waals surface area contributed by atoms with Crippen molar-refractivity contribution in [2.45, 2.75) is 26.7 Å². The standard InChI is InChI=1S/C20H30N4O2/c1-16-5-6-18(13-17(16)2)21-19(25)14-22-9-11-23(12-10-22)15-20(26)24-7-3-4-8-24/h5-6,13H,3-4,7-12,14-15H2,1-2H3,(H,21,25). The van der Waals surface area contributed by atoms with Gasteiger partial charge >= 0.3 is 0 Å². The highest BCUT2D eigenvalue weighted by molar-refractivity contribution is 5.92. The number of rotatable bonds is 5. The van der Waals surface area contributed by atoms with E-state index in [0.717, 1.165) is 57.8 Å². The SMILES string of the molecule is Cc1ccc(NC(=O)CN2CCN(CC(=O)N3CCCC3)CC2)cc1C. The van der Waals surface area contributed by atoms with Gasteiger partial charge in [0, 0.05) is 45.0 Å². The molecule has 2 aliphatic heterocycles. The Labute approximate surface area is 156 Å². The van der Waals surface area contributed by atoms with E-state index in [0.29, 0.717) is 13.1 Å². The van der Waals surface area contributed by atoms with Crippen molar-refractivity contribution in [2.75, 3.05) is 57.7 Å². The molecule has 26 heavy (non-hydrogen) atoms. The van der Waals surface area contributed by atoms with Gasteiger partial charge in [0.1, 0.15) is 0 Å². The molecule has 0 unspecified atom stereocenters. The third kappa shape index (κ3) is 5.05. The second kappa shape index (κ2) is 8.64. The Kier molecular flexibility index (Phi) is 6.27. The first-order chi connectivity index (χ1) is 12.5. The van der Waals surface area contributed by atoms with Gasteiger partial charge in [-0.2, -0.15) is 0 Å². The van der Waals surface area contributed by atoms with Crippen molar-refractivity contribution in [3.05, 3.63) is 29.3 Å². The molecule has 2 amide bonds. The minimum atomic E-state index is 0.0230. The number of nitrogens with one attached hydrogen (secondary N) is 1. The van der Waals surface area contributed by atoms with Crippen LogP contribution in [0.1, 0.15) is 24.0 Å². The largest absolute Gasteiger partial charge is 0.342 e. The second-order valence-corrected chi connectivity index (χ2v) is 7.49. The van der Waals surface area contributed by atoms with Crippen LogP contribution in [0.5, 0.6) is 0 Å². The van der Waals surface area contributed by atoms with E-state index in [4.69, 9.17) is 0 Å². The molecule has 0 aromatic heterocycles. The van der Waals surface area contributed by atoms with Crippen molar-refractivity contribution in [1.29, 1.82) is 0 Å². The van der Waals surface area contributed by atoms with E-state index in [-0.39, 0.29) is 11.8 Å². The van der Waals surface area contributed by atoms with Crippen LogP contribution in [0.4, 0.5) is 5.69 Å². The summed E-state index contributed by atoms with van der Waals surface area (Å²) in [5.41, 5.74) is 3.26. The van der Waals surface area contributed by atoms with Crippen molar-refractivity contribution < 1.29 is 9.59 Å². The lowest BCUT2D eigenvalue weighted by molar-refractivity contribution is -0.132.